The molecule has 0 aliphatic carbocycles. The Kier molecular flexibility index (Phi) is 15.0. The first-order chi connectivity index (χ1) is 25.0. The van der Waals surface area contributed by atoms with E-state index in [1.54, 1.807) is 4.90 Å². The van der Waals surface area contributed by atoms with Crippen LogP contribution in [0.15, 0.2) is 97.1 Å². The molecule has 4 aromatic carbocycles. The lowest BCUT2D eigenvalue weighted by Crippen LogP contribution is -2.55. The molecule has 278 valence electrons. The molecule has 4 amide bonds. The van der Waals surface area contributed by atoms with E-state index in [2.05, 4.69) is 16.1 Å². The van der Waals surface area contributed by atoms with Gasteiger partial charge in [-0.2, -0.15) is 0 Å². The molecule has 11 nitrogen and oxygen atoms in total. The van der Waals surface area contributed by atoms with Crippen LogP contribution in [0.2, 0.25) is 0 Å². The van der Waals surface area contributed by atoms with Crippen molar-refractivity contribution in [2.75, 3.05) is 19.8 Å². The number of carbonyl (C=O) groups is 3. The van der Waals surface area contributed by atoms with Gasteiger partial charge in [0.2, 0.25) is 11.8 Å². The lowest BCUT2D eigenvalue weighted by atomic mass is 10.0. The molecule has 4 rings (SSSR count). The highest BCUT2D eigenvalue weighted by molar-refractivity contribution is 5.90. The van der Waals surface area contributed by atoms with E-state index in [9.17, 15) is 14.4 Å². The number of urea groups is 1. The molecule has 0 radical (unpaired) electrons. The number of hydrogen-bond donors (Lipinski definition) is 3. The van der Waals surface area contributed by atoms with Crippen molar-refractivity contribution in [1.82, 2.24) is 21.0 Å². The molecule has 0 aliphatic rings. The highest BCUT2D eigenvalue weighted by Gasteiger charge is 2.34. The minimum Gasteiger partial charge on any atom is -0.488 e. The van der Waals surface area contributed by atoms with Crippen LogP contribution >= 0.6 is 0 Å². The quantitative estimate of drug-likeness (QED) is 0.0818. The summed E-state index contributed by atoms with van der Waals surface area (Å²) in [7, 11) is 0. The van der Waals surface area contributed by atoms with Gasteiger partial charge in [0.1, 0.15) is 17.4 Å². The van der Waals surface area contributed by atoms with E-state index in [0.717, 1.165) is 27.5 Å². The molecule has 0 aromatic heterocycles. The summed E-state index contributed by atoms with van der Waals surface area (Å²) < 4.78 is 17.9. The van der Waals surface area contributed by atoms with Crippen LogP contribution in [0.4, 0.5) is 4.79 Å². The van der Waals surface area contributed by atoms with Crippen LogP contribution in [0.25, 0.3) is 10.8 Å². The molecule has 0 aliphatic heterocycles. The van der Waals surface area contributed by atoms with Gasteiger partial charge < -0.3 is 29.7 Å². The molecular weight excluding hydrogens is 660 g/mol. The van der Waals surface area contributed by atoms with Gasteiger partial charge in [0, 0.05) is 32.7 Å². The Hall–Kier alpha value is -4.97. The summed E-state index contributed by atoms with van der Waals surface area (Å²) >= 11 is 0. The molecule has 52 heavy (non-hydrogen) atoms. The topological polar surface area (TPSA) is 127 Å². The Morgan fingerprint density at radius 2 is 1.44 bits per heavy atom. The van der Waals surface area contributed by atoms with E-state index < -0.39 is 36.9 Å². The standard InChI is InChI=1S/C41H52N4O7/c1-7-49-39(50-8-2)29(3)45(27-33-19-14-18-32-17-12-13-20-35(32)33)38(47)36(25-30-21-23-34(24-22-30)52-41(4,5)6)43-37(46)28-51-44-40(48)42-26-31-15-10-9-11-16-31/h9-24,29,36,39H,7-8,25-28H2,1-6H3,(H,43,46)(H2,42,44,48)/t29-,36-/m0/s1. The average molecular weight is 713 g/mol. The number of benzene rings is 4. The summed E-state index contributed by atoms with van der Waals surface area (Å²) in [5.74, 6) is -0.226. The van der Waals surface area contributed by atoms with Crippen molar-refractivity contribution in [2.45, 2.75) is 85.0 Å². The van der Waals surface area contributed by atoms with Crippen LogP contribution < -0.4 is 20.9 Å². The molecule has 0 fully saturated rings. The third kappa shape index (κ3) is 12.4. The number of carbonyl (C=O) groups excluding carboxylic acids is 3. The fourth-order valence-corrected chi connectivity index (χ4v) is 5.74. The van der Waals surface area contributed by atoms with E-state index in [1.807, 2.05) is 139 Å². The van der Waals surface area contributed by atoms with Crippen LogP contribution in [-0.2, 0) is 43.4 Å². The lowest BCUT2D eigenvalue weighted by molar-refractivity contribution is -0.179. The van der Waals surface area contributed by atoms with Gasteiger partial charge in [-0.05, 0) is 81.1 Å². The van der Waals surface area contributed by atoms with Gasteiger partial charge in [-0.25, -0.2) is 10.3 Å². The van der Waals surface area contributed by atoms with Crippen molar-refractivity contribution < 1.29 is 33.4 Å². The Bertz CT molecular complexity index is 1720. The summed E-state index contributed by atoms with van der Waals surface area (Å²) in [5.41, 5.74) is 4.52. The number of rotatable bonds is 18. The van der Waals surface area contributed by atoms with Crippen molar-refractivity contribution >= 4 is 28.6 Å². The van der Waals surface area contributed by atoms with E-state index >= 15 is 0 Å². The number of hydroxylamine groups is 1. The number of nitrogens with zero attached hydrogens (tertiary/aromatic N) is 1. The highest BCUT2D eigenvalue weighted by atomic mass is 16.7. The van der Waals surface area contributed by atoms with Crippen LogP contribution in [0.1, 0.15) is 58.2 Å². The van der Waals surface area contributed by atoms with Crippen LogP contribution in [0, 0.1) is 0 Å². The lowest BCUT2D eigenvalue weighted by Gasteiger charge is -2.37. The monoisotopic (exact) mass is 712 g/mol. The fourth-order valence-electron chi connectivity index (χ4n) is 5.74. The van der Waals surface area contributed by atoms with Gasteiger partial charge in [0.15, 0.2) is 12.9 Å². The van der Waals surface area contributed by atoms with Crippen molar-refractivity contribution in [3.63, 3.8) is 0 Å². The summed E-state index contributed by atoms with van der Waals surface area (Å²) in [5, 5.41) is 7.61. The van der Waals surface area contributed by atoms with Crippen LogP contribution in [-0.4, -0.2) is 66.5 Å². The third-order valence-electron chi connectivity index (χ3n) is 8.14. The Labute approximate surface area is 306 Å². The normalized spacial score (nSPS) is 12.6. The average Bonchev–Trinajstić information content (AvgIpc) is 3.12. The van der Waals surface area contributed by atoms with Crippen LogP contribution in [0.5, 0.6) is 5.75 Å². The maximum Gasteiger partial charge on any atom is 0.338 e. The van der Waals surface area contributed by atoms with Crippen molar-refractivity contribution in [2.24, 2.45) is 0 Å². The van der Waals surface area contributed by atoms with Gasteiger partial charge >= 0.3 is 6.03 Å². The first kappa shape index (κ1) is 39.8. The Morgan fingerprint density at radius 3 is 2.12 bits per heavy atom. The zero-order valence-electron chi connectivity index (χ0n) is 31.0. The zero-order chi connectivity index (χ0) is 37.5. The number of hydrogen-bond acceptors (Lipinski definition) is 7. The van der Waals surface area contributed by atoms with E-state index in [0.29, 0.717) is 19.0 Å². The predicted molar refractivity (Wildman–Crippen MR) is 201 cm³/mol. The highest BCUT2D eigenvalue weighted by Crippen LogP contribution is 2.24. The minimum atomic E-state index is -1.00. The molecule has 0 saturated heterocycles. The molecule has 0 saturated carbocycles. The summed E-state index contributed by atoms with van der Waals surface area (Å²) in [6.07, 6.45) is -0.529. The number of nitrogens with one attached hydrogen (secondary N) is 3. The van der Waals surface area contributed by atoms with E-state index in [1.165, 1.54) is 0 Å². The number of fused-ring (bicyclic) bond motifs is 1. The molecule has 0 bridgehead atoms. The molecule has 0 unspecified atom stereocenters. The summed E-state index contributed by atoms with van der Waals surface area (Å²) in [6, 6.07) is 28.7. The van der Waals surface area contributed by atoms with Gasteiger partial charge in [0.25, 0.3) is 0 Å². The minimum absolute atomic E-state index is 0.179. The SMILES string of the molecule is CCOC(OCC)[C@H](C)N(Cc1cccc2ccccc12)C(=O)[C@H](Cc1ccc(OC(C)(C)C)cc1)NC(=O)CONC(=O)NCc1ccccc1. The van der Waals surface area contributed by atoms with Gasteiger partial charge in [0.05, 0.1) is 6.04 Å². The first-order valence-electron chi connectivity index (χ1n) is 17.7. The Balaban J connectivity index is 1.57. The predicted octanol–water partition coefficient (Wildman–Crippen LogP) is 6.29. The molecular formula is C41H52N4O7. The van der Waals surface area contributed by atoms with E-state index in [-0.39, 0.29) is 31.0 Å². The summed E-state index contributed by atoms with van der Waals surface area (Å²) in [6.45, 7) is 12.3. The third-order valence-corrected chi connectivity index (χ3v) is 8.14. The fraction of sp³-hybridized carbons (Fsp3) is 0.390. The van der Waals surface area contributed by atoms with Crippen LogP contribution in [0.3, 0.4) is 0 Å². The zero-order valence-corrected chi connectivity index (χ0v) is 31.0. The van der Waals surface area contributed by atoms with Crippen molar-refractivity contribution in [3.8, 4) is 5.75 Å². The smallest absolute Gasteiger partial charge is 0.338 e. The second-order valence-electron chi connectivity index (χ2n) is 13.4. The number of ether oxygens (including phenoxy) is 3. The molecule has 11 heteroatoms. The van der Waals surface area contributed by atoms with Gasteiger partial charge in [-0.3, -0.25) is 14.4 Å². The van der Waals surface area contributed by atoms with Crippen molar-refractivity contribution in [1.29, 1.82) is 0 Å². The largest absolute Gasteiger partial charge is 0.488 e. The maximum atomic E-state index is 14.8. The molecule has 0 heterocycles. The van der Waals surface area contributed by atoms with E-state index in [4.69, 9.17) is 19.0 Å². The second kappa shape index (κ2) is 19.6. The van der Waals surface area contributed by atoms with Gasteiger partial charge in [-0.15, -0.1) is 0 Å². The first-order valence-corrected chi connectivity index (χ1v) is 17.7. The van der Waals surface area contributed by atoms with Gasteiger partial charge in [-0.1, -0.05) is 84.9 Å². The maximum absolute atomic E-state index is 14.8. The number of amides is 4. The molecule has 0 spiro atoms. The molecule has 3 N–H and O–H groups in total. The molecule has 2 atom stereocenters. The second-order valence-corrected chi connectivity index (χ2v) is 13.4. The van der Waals surface area contributed by atoms with Crippen molar-refractivity contribution in [3.05, 3.63) is 114 Å². The Morgan fingerprint density at radius 1 is 0.788 bits per heavy atom. The summed E-state index contributed by atoms with van der Waals surface area (Å²) in [4.78, 5) is 47.4. The molecule has 4 aromatic rings.